The van der Waals surface area contributed by atoms with Gasteiger partial charge in [-0.05, 0) is 31.2 Å². The second kappa shape index (κ2) is 7.98. The Labute approximate surface area is 147 Å². The zero-order chi connectivity index (χ0) is 17.6. The van der Waals surface area contributed by atoms with Crippen molar-refractivity contribution in [2.45, 2.75) is 6.92 Å². The van der Waals surface area contributed by atoms with Gasteiger partial charge >= 0.3 is 0 Å². The Bertz CT molecular complexity index is 692. The topological polar surface area (TPSA) is 57.0 Å². The lowest BCUT2D eigenvalue weighted by atomic mass is 10.2. The first-order valence-electron chi connectivity index (χ1n) is 8.59. The largest absolute Gasteiger partial charge is 0.459 e. The minimum absolute atomic E-state index is 0.0829. The highest BCUT2D eigenvalue weighted by Gasteiger charge is 2.25. The Morgan fingerprint density at radius 1 is 1.04 bits per heavy atom. The van der Waals surface area contributed by atoms with Crippen LogP contribution in [-0.4, -0.2) is 60.9 Å². The molecule has 1 fully saturated rings. The Hall–Kier alpha value is -2.60. The van der Waals surface area contributed by atoms with E-state index < -0.39 is 0 Å². The number of anilines is 1. The number of nitrogens with zero attached hydrogens (tertiary/aromatic N) is 3. The summed E-state index contributed by atoms with van der Waals surface area (Å²) >= 11 is 0. The number of rotatable bonds is 5. The van der Waals surface area contributed by atoms with Gasteiger partial charge in [0.05, 0.1) is 12.8 Å². The molecule has 1 aromatic heterocycles. The van der Waals surface area contributed by atoms with Crippen LogP contribution >= 0.6 is 0 Å². The number of carbonyl (C=O) groups is 2. The Balaban J connectivity index is 1.53. The quantitative estimate of drug-likeness (QED) is 0.836. The maximum atomic E-state index is 12.6. The molecule has 0 atom stereocenters. The van der Waals surface area contributed by atoms with Crippen molar-refractivity contribution in [3.05, 3.63) is 54.5 Å². The second-order valence-electron chi connectivity index (χ2n) is 6.02. The number of amides is 2. The van der Waals surface area contributed by atoms with E-state index in [2.05, 4.69) is 4.90 Å². The van der Waals surface area contributed by atoms with Crippen molar-refractivity contribution in [2.24, 2.45) is 0 Å². The summed E-state index contributed by atoms with van der Waals surface area (Å²) in [5.74, 6) is 0.362. The van der Waals surface area contributed by atoms with Crippen LogP contribution in [0.25, 0.3) is 0 Å². The SMILES string of the molecule is CCN(C(=O)CN1CCN(C(=O)c2ccco2)CC1)c1ccccc1. The summed E-state index contributed by atoms with van der Waals surface area (Å²) in [7, 11) is 0. The van der Waals surface area contributed by atoms with Crippen LogP contribution in [0.1, 0.15) is 17.5 Å². The van der Waals surface area contributed by atoms with Crippen LogP contribution < -0.4 is 4.90 Å². The summed E-state index contributed by atoms with van der Waals surface area (Å²) in [6, 6.07) is 13.1. The summed E-state index contributed by atoms with van der Waals surface area (Å²) in [6.07, 6.45) is 1.51. The predicted octanol–water partition coefficient (Wildman–Crippen LogP) is 2.09. The third-order valence-corrected chi connectivity index (χ3v) is 4.44. The summed E-state index contributed by atoms with van der Waals surface area (Å²) in [6.45, 7) is 5.56. The highest BCUT2D eigenvalue weighted by atomic mass is 16.3. The minimum atomic E-state index is -0.0875. The Morgan fingerprint density at radius 2 is 1.76 bits per heavy atom. The molecule has 0 N–H and O–H groups in total. The molecule has 0 unspecified atom stereocenters. The molecule has 0 radical (unpaired) electrons. The molecule has 1 aliphatic heterocycles. The van der Waals surface area contributed by atoms with Gasteiger partial charge < -0.3 is 14.2 Å². The summed E-state index contributed by atoms with van der Waals surface area (Å²) in [5, 5.41) is 0. The summed E-state index contributed by atoms with van der Waals surface area (Å²) < 4.78 is 5.17. The zero-order valence-corrected chi connectivity index (χ0v) is 14.4. The Morgan fingerprint density at radius 3 is 2.36 bits per heavy atom. The lowest BCUT2D eigenvalue weighted by Gasteiger charge is -2.35. The fourth-order valence-corrected chi connectivity index (χ4v) is 3.05. The molecular weight excluding hydrogens is 318 g/mol. The van der Waals surface area contributed by atoms with Crippen LogP contribution in [0.3, 0.4) is 0 Å². The molecular formula is C19H23N3O3. The molecule has 3 rings (SSSR count). The number of furan rings is 1. The smallest absolute Gasteiger partial charge is 0.289 e. The van der Waals surface area contributed by atoms with Gasteiger partial charge in [-0.1, -0.05) is 18.2 Å². The molecule has 1 aliphatic rings. The van der Waals surface area contributed by atoms with Crippen molar-refractivity contribution in [3.8, 4) is 0 Å². The van der Waals surface area contributed by atoms with E-state index >= 15 is 0 Å². The lowest BCUT2D eigenvalue weighted by molar-refractivity contribution is -0.120. The van der Waals surface area contributed by atoms with E-state index in [1.54, 1.807) is 21.9 Å². The van der Waals surface area contributed by atoms with E-state index in [0.29, 0.717) is 45.0 Å². The fourth-order valence-electron chi connectivity index (χ4n) is 3.05. The third-order valence-electron chi connectivity index (χ3n) is 4.44. The van der Waals surface area contributed by atoms with Crippen molar-refractivity contribution in [3.63, 3.8) is 0 Å². The maximum absolute atomic E-state index is 12.6. The van der Waals surface area contributed by atoms with Crippen molar-refractivity contribution in [2.75, 3.05) is 44.2 Å². The average Bonchev–Trinajstić information content (AvgIpc) is 3.18. The molecule has 1 saturated heterocycles. The highest BCUT2D eigenvalue weighted by molar-refractivity contribution is 5.94. The van der Waals surface area contributed by atoms with Crippen molar-refractivity contribution in [1.82, 2.24) is 9.80 Å². The van der Waals surface area contributed by atoms with Crippen molar-refractivity contribution in [1.29, 1.82) is 0 Å². The van der Waals surface area contributed by atoms with Crippen LogP contribution in [0.5, 0.6) is 0 Å². The number of carbonyl (C=O) groups excluding carboxylic acids is 2. The second-order valence-corrected chi connectivity index (χ2v) is 6.02. The average molecular weight is 341 g/mol. The summed E-state index contributed by atoms with van der Waals surface area (Å²) in [5.41, 5.74) is 0.918. The first kappa shape index (κ1) is 17.2. The van der Waals surface area contributed by atoms with Gasteiger partial charge in [-0.2, -0.15) is 0 Å². The van der Waals surface area contributed by atoms with E-state index in [0.717, 1.165) is 5.69 Å². The zero-order valence-electron chi connectivity index (χ0n) is 14.4. The normalized spacial score (nSPS) is 15.2. The molecule has 25 heavy (non-hydrogen) atoms. The van der Waals surface area contributed by atoms with Crippen LogP contribution in [-0.2, 0) is 4.79 Å². The van der Waals surface area contributed by atoms with E-state index in [1.165, 1.54) is 6.26 Å². The number of likely N-dealkylation sites (N-methyl/N-ethyl adjacent to an activating group) is 1. The van der Waals surface area contributed by atoms with E-state index in [1.807, 2.05) is 37.3 Å². The molecule has 2 amide bonds. The third kappa shape index (κ3) is 4.09. The molecule has 6 nitrogen and oxygen atoms in total. The van der Waals surface area contributed by atoms with Crippen LogP contribution in [0.15, 0.2) is 53.1 Å². The molecule has 132 valence electrons. The fraction of sp³-hybridized carbons (Fsp3) is 0.368. The van der Waals surface area contributed by atoms with Gasteiger partial charge in [0.1, 0.15) is 0 Å². The van der Waals surface area contributed by atoms with Gasteiger partial charge in [-0.3, -0.25) is 14.5 Å². The molecule has 1 aromatic carbocycles. The molecule has 0 bridgehead atoms. The van der Waals surface area contributed by atoms with Crippen LogP contribution in [0.4, 0.5) is 5.69 Å². The molecule has 0 aliphatic carbocycles. The minimum Gasteiger partial charge on any atom is -0.459 e. The standard InChI is InChI=1S/C19H23N3O3/c1-2-22(16-7-4-3-5-8-16)18(23)15-20-10-12-21(13-11-20)19(24)17-9-6-14-25-17/h3-9,14H,2,10-13,15H2,1H3. The van der Waals surface area contributed by atoms with Crippen LogP contribution in [0.2, 0.25) is 0 Å². The van der Waals surface area contributed by atoms with E-state index in [-0.39, 0.29) is 11.8 Å². The van der Waals surface area contributed by atoms with Gasteiger partial charge in [-0.15, -0.1) is 0 Å². The van der Waals surface area contributed by atoms with Crippen molar-refractivity contribution < 1.29 is 14.0 Å². The highest BCUT2D eigenvalue weighted by Crippen LogP contribution is 2.14. The molecule has 0 spiro atoms. The molecule has 6 heteroatoms. The van der Waals surface area contributed by atoms with Gasteiger partial charge in [0, 0.05) is 38.4 Å². The predicted molar refractivity (Wildman–Crippen MR) is 95.5 cm³/mol. The monoisotopic (exact) mass is 341 g/mol. The maximum Gasteiger partial charge on any atom is 0.289 e. The number of piperazine rings is 1. The van der Waals surface area contributed by atoms with Gasteiger partial charge in [0.15, 0.2) is 5.76 Å². The first-order chi connectivity index (χ1) is 12.2. The van der Waals surface area contributed by atoms with E-state index in [9.17, 15) is 9.59 Å². The van der Waals surface area contributed by atoms with Crippen molar-refractivity contribution >= 4 is 17.5 Å². The molecule has 0 saturated carbocycles. The number of para-hydroxylation sites is 1. The molecule has 2 aromatic rings. The first-order valence-corrected chi connectivity index (χ1v) is 8.59. The molecule has 2 heterocycles. The number of benzene rings is 1. The lowest BCUT2D eigenvalue weighted by Crippen LogP contribution is -2.51. The number of hydrogen-bond donors (Lipinski definition) is 0. The van der Waals surface area contributed by atoms with Crippen LogP contribution in [0, 0.1) is 0 Å². The van der Waals surface area contributed by atoms with Gasteiger partial charge in [0.2, 0.25) is 5.91 Å². The Kier molecular flexibility index (Phi) is 5.50. The van der Waals surface area contributed by atoms with Gasteiger partial charge in [-0.25, -0.2) is 0 Å². The van der Waals surface area contributed by atoms with Gasteiger partial charge in [0.25, 0.3) is 5.91 Å². The van der Waals surface area contributed by atoms with E-state index in [4.69, 9.17) is 4.42 Å². The summed E-state index contributed by atoms with van der Waals surface area (Å²) in [4.78, 5) is 30.6. The number of hydrogen-bond acceptors (Lipinski definition) is 4.